The van der Waals surface area contributed by atoms with Gasteiger partial charge >= 0.3 is 5.97 Å². The Morgan fingerprint density at radius 1 is 1.17 bits per heavy atom. The monoisotopic (exact) mass is 429 g/mol. The van der Waals surface area contributed by atoms with Crippen LogP contribution in [0, 0.1) is 0 Å². The number of hydrogen-bond donors (Lipinski definition) is 2. The summed E-state index contributed by atoms with van der Waals surface area (Å²) >= 11 is 1.87. The van der Waals surface area contributed by atoms with Crippen molar-refractivity contribution in [1.29, 1.82) is 0 Å². The van der Waals surface area contributed by atoms with Crippen LogP contribution in [-0.4, -0.2) is 52.6 Å². The molecular weight excluding hydrogens is 394 g/mol. The van der Waals surface area contributed by atoms with Crippen molar-refractivity contribution in [3.8, 4) is 0 Å². The first-order chi connectivity index (χ1) is 14.2. The van der Waals surface area contributed by atoms with Gasteiger partial charge in [-0.25, -0.2) is 0 Å². The maximum Gasteiger partial charge on any atom is 0.317 e. The van der Waals surface area contributed by atoms with E-state index < -0.39 is 5.97 Å². The quantitative estimate of drug-likeness (QED) is 0.746. The molecule has 164 valence electrons. The zero-order valence-corrected chi connectivity index (χ0v) is 19.5. The standard InChI is InChI=1S/C24H35N3O2S/c1-23(2)9-10-24(3,4)19-13-16(5-6-18(19)23)20-15-30-22(26-20)27-11-7-17(8-12-27)25-14-21(28)29/h5-6,13,17,20,25H,7-12,14-15H2,1-4H3,(H,28,29). The summed E-state index contributed by atoms with van der Waals surface area (Å²) in [6, 6.07) is 7.64. The second kappa shape index (κ2) is 8.19. The lowest BCUT2D eigenvalue weighted by atomic mass is 9.63. The number of amidine groups is 1. The zero-order chi connectivity index (χ0) is 21.5. The van der Waals surface area contributed by atoms with Crippen molar-refractivity contribution in [3.05, 3.63) is 34.9 Å². The van der Waals surface area contributed by atoms with Crippen molar-refractivity contribution < 1.29 is 9.90 Å². The highest BCUT2D eigenvalue weighted by Gasteiger charge is 2.37. The lowest BCUT2D eigenvalue weighted by Crippen LogP contribution is -2.45. The molecule has 2 aliphatic heterocycles. The van der Waals surface area contributed by atoms with Crippen LogP contribution in [0.5, 0.6) is 0 Å². The van der Waals surface area contributed by atoms with Crippen molar-refractivity contribution in [2.45, 2.75) is 76.3 Å². The lowest BCUT2D eigenvalue weighted by Gasteiger charge is -2.42. The van der Waals surface area contributed by atoms with Crippen LogP contribution in [0.25, 0.3) is 0 Å². The summed E-state index contributed by atoms with van der Waals surface area (Å²) < 4.78 is 0. The number of hydrogen-bond acceptors (Lipinski definition) is 5. The number of carboxylic acid groups (broad SMARTS) is 1. The van der Waals surface area contributed by atoms with Gasteiger partial charge in [-0.1, -0.05) is 57.7 Å². The number of thioether (sulfide) groups is 1. The smallest absolute Gasteiger partial charge is 0.317 e. The van der Waals surface area contributed by atoms with E-state index in [2.05, 4.69) is 56.1 Å². The molecule has 1 unspecified atom stereocenters. The summed E-state index contributed by atoms with van der Waals surface area (Å²) in [4.78, 5) is 18.2. The molecule has 6 heteroatoms. The first-order valence-corrected chi connectivity index (χ1v) is 12.2. The molecule has 1 saturated heterocycles. The summed E-state index contributed by atoms with van der Waals surface area (Å²) in [5.41, 5.74) is 4.84. The van der Waals surface area contributed by atoms with Gasteiger partial charge in [-0.2, -0.15) is 0 Å². The third-order valence-electron chi connectivity index (χ3n) is 7.21. The summed E-state index contributed by atoms with van der Waals surface area (Å²) in [5.74, 6) is 0.224. The van der Waals surface area contributed by atoms with Crippen molar-refractivity contribution >= 4 is 22.9 Å². The summed E-state index contributed by atoms with van der Waals surface area (Å²) in [6.45, 7) is 11.4. The van der Waals surface area contributed by atoms with Gasteiger partial charge in [0.05, 0.1) is 12.6 Å². The van der Waals surface area contributed by atoms with E-state index in [4.69, 9.17) is 10.1 Å². The van der Waals surface area contributed by atoms with Gasteiger partial charge in [0, 0.05) is 24.9 Å². The number of fused-ring (bicyclic) bond motifs is 1. The Bertz CT molecular complexity index is 841. The van der Waals surface area contributed by atoms with Crippen molar-refractivity contribution in [3.63, 3.8) is 0 Å². The van der Waals surface area contributed by atoms with E-state index in [1.165, 1.54) is 29.5 Å². The number of carbonyl (C=O) groups is 1. The second-order valence-electron chi connectivity index (χ2n) is 10.3. The minimum atomic E-state index is -0.785. The molecule has 30 heavy (non-hydrogen) atoms. The van der Waals surface area contributed by atoms with E-state index in [9.17, 15) is 4.79 Å². The first-order valence-electron chi connectivity index (χ1n) is 11.2. The molecule has 2 N–H and O–H groups in total. The molecule has 5 nitrogen and oxygen atoms in total. The van der Waals surface area contributed by atoms with Gasteiger partial charge in [-0.15, -0.1) is 0 Å². The predicted octanol–water partition coefficient (Wildman–Crippen LogP) is 4.32. The fraction of sp³-hybridized carbons (Fsp3) is 0.667. The summed E-state index contributed by atoms with van der Waals surface area (Å²) in [5, 5.41) is 13.1. The summed E-state index contributed by atoms with van der Waals surface area (Å²) in [6.07, 6.45) is 4.42. The number of rotatable bonds is 4. The summed E-state index contributed by atoms with van der Waals surface area (Å²) in [7, 11) is 0. The van der Waals surface area contributed by atoms with Crippen LogP contribution in [0.4, 0.5) is 0 Å². The Labute approximate surface area is 184 Å². The van der Waals surface area contributed by atoms with Crippen molar-refractivity contribution in [2.24, 2.45) is 4.99 Å². The molecule has 0 spiro atoms. The average Bonchev–Trinajstić information content (AvgIpc) is 3.20. The molecule has 3 aliphatic rings. The topological polar surface area (TPSA) is 64.9 Å². The maximum absolute atomic E-state index is 10.8. The third-order valence-corrected chi connectivity index (χ3v) is 8.31. The number of nitrogens with one attached hydrogen (secondary N) is 1. The van der Waals surface area contributed by atoms with Gasteiger partial charge < -0.3 is 15.3 Å². The number of aliphatic carboxylic acids is 1. The number of likely N-dealkylation sites (tertiary alicyclic amines) is 1. The van der Waals surface area contributed by atoms with E-state index in [-0.39, 0.29) is 23.4 Å². The molecule has 2 heterocycles. The average molecular weight is 430 g/mol. The lowest BCUT2D eigenvalue weighted by molar-refractivity contribution is -0.136. The van der Waals surface area contributed by atoms with Crippen molar-refractivity contribution in [1.82, 2.24) is 10.2 Å². The van der Waals surface area contributed by atoms with Crippen LogP contribution in [0.1, 0.15) is 76.1 Å². The SMILES string of the molecule is CC1(C)CCC(C)(C)c2cc(C3CSC(N4CCC(NCC(=O)O)CC4)=N3)ccc21. The highest BCUT2D eigenvalue weighted by Crippen LogP contribution is 2.47. The van der Waals surface area contributed by atoms with E-state index in [1.807, 2.05) is 11.8 Å². The largest absolute Gasteiger partial charge is 0.480 e. The van der Waals surface area contributed by atoms with Crippen LogP contribution in [0.15, 0.2) is 23.2 Å². The minimum absolute atomic E-state index is 0.0495. The molecule has 0 amide bonds. The molecule has 0 saturated carbocycles. The van der Waals surface area contributed by atoms with Crippen LogP contribution in [0.3, 0.4) is 0 Å². The van der Waals surface area contributed by atoms with Crippen LogP contribution in [-0.2, 0) is 15.6 Å². The van der Waals surface area contributed by atoms with Gasteiger partial charge in [-0.3, -0.25) is 9.79 Å². The second-order valence-corrected chi connectivity index (χ2v) is 11.3. The minimum Gasteiger partial charge on any atom is -0.480 e. The van der Waals surface area contributed by atoms with E-state index >= 15 is 0 Å². The van der Waals surface area contributed by atoms with Crippen LogP contribution >= 0.6 is 11.8 Å². The highest BCUT2D eigenvalue weighted by atomic mass is 32.2. The Morgan fingerprint density at radius 3 is 2.50 bits per heavy atom. The molecule has 1 aliphatic carbocycles. The molecule has 0 aromatic heterocycles. The Balaban J connectivity index is 1.45. The van der Waals surface area contributed by atoms with Crippen LogP contribution < -0.4 is 5.32 Å². The third kappa shape index (κ3) is 4.40. The van der Waals surface area contributed by atoms with Gasteiger partial charge in [0.15, 0.2) is 5.17 Å². The number of piperidine rings is 1. The zero-order valence-electron chi connectivity index (χ0n) is 18.7. The molecular formula is C24H35N3O2S. The van der Waals surface area contributed by atoms with Gasteiger partial charge in [-0.05, 0) is 53.2 Å². The van der Waals surface area contributed by atoms with E-state index in [1.54, 1.807) is 0 Å². The highest BCUT2D eigenvalue weighted by molar-refractivity contribution is 8.14. The van der Waals surface area contributed by atoms with Gasteiger partial charge in [0.25, 0.3) is 0 Å². The van der Waals surface area contributed by atoms with Gasteiger partial charge in [0.2, 0.25) is 0 Å². The number of benzene rings is 1. The molecule has 1 aromatic rings. The van der Waals surface area contributed by atoms with E-state index in [0.29, 0.717) is 6.04 Å². The molecule has 0 radical (unpaired) electrons. The van der Waals surface area contributed by atoms with Gasteiger partial charge in [0.1, 0.15) is 0 Å². The fourth-order valence-electron chi connectivity index (χ4n) is 5.03. The number of carboxylic acids is 1. The Kier molecular flexibility index (Phi) is 5.92. The first kappa shape index (κ1) is 21.7. The molecule has 4 rings (SSSR count). The molecule has 1 fully saturated rings. The normalized spacial score (nSPS) is 25.7. The number of nitrogens with zero attached hydrogens (tertiary/aromatic N) is 2. The predicted molar refractivity (Wildman–Crippen MR) is 125 cm³/mol. The van der Waals surface area contributed by atoms with Crippen molar-refractivity contribution in [2.75, 3.05) is 25.4 Å². The Morgan fingerprint density at radius 2 is 1.83 bits per heavy atom. The number of aliphatic imine (C=N–C) groups is 1. The molecule has 0 bridgehead atoms. The molecule has 1 aromatic carbocycles. The fourth-order valence-corrected chi connectivity index (χ4v) is 6.17. The maximum atomic E-state index is 10.8. The van der Waals surface area contributed by atoms with E-state index in [0.717, 1.165) is 36.9 Å². The van der Waals surface area contributed by atoms with Crippen LogP contribution in [0.2, 0.25) is 0 Å². The molecule has 1 atom stereocenters. The Hall–Kier alpha value is -1.53.